The largest absolute Gasteiger partial charge is 0.380 e. The highest BCUT2D eigenvalue weighted by atomic mass is 16.5. The lowest BCUT2D eigenvalue weighted by Gasteiger charge is -2.23. The number of nitrogens with two attached hydrogens (primary N) is 1. The van der Waals surface area contributed by atoms with Gasteiger partial charge in [0.15, 0.2) is 0 Å². The zero-order valence-electron chi connectivity index (χ0n) is 9.69. The number of hydrogen-bond donors (Lipinski definition) is 1. The molecule has 1 unspecified atom stereocenters. The summed E-state index contributed by atoms with van der Waals surface area (Å²) in [4.78, 5) is 13.7. The van der Waals surface area contributed by atoms with E-state index in [4.69, 9.17) is 15.7 Å². The van der Waals surface area contributed by atoms with E-state index in [-0.39, 0.29) is 12.0 Å². The van der Waals surface area contributed by atoms with E-state index in [1.165, 1.54) is 0 Å². The quantitative estimate of drug-likeness (QED) is 0.673. The van der Waals surface area contributed by atoms with Gasteiger partial charge in [0, 0.05) is 26.2 Å². The zero-order valence-corrected chi connectivity index (χ0v) is 9.69. The van der Waals surface area contributed by atoms with Crippen LogP contribution >= 0.6 is 0 Å². The van der Waals surface area contributed by atoms with E-state index in [2.05, 4.69) is 6.07 Å². The first-order valence-corrected chi connectivity index (χ1v) is 5.62. The molecule has 2 N–H and O–H groups in total. The van der Waals surface area contributed by atoms with Crippen molar-refractivity contribution in [2.24, 2.45) is 5.73 Å². The van der Waals surface area contributed by atoms with Crippen LogP contribution in [0, 0.1) is 11.3 Å². The predicted molar refractivity (Wildman–Crippen MR) is 59.4 cm³/mol. The molecule has 0 spiro atoms. The third-order valence-corrected chi connectivity index (χ3v) is 2.77. The van der Waals surface area contributed by atoms with E-state index in [0.717, 1.165) is 12.8 Å². The van der Waals surface area contributed by atoms with Crippen LogP contribution in [-0.2, 0) is 9.53 Å². The SMILES string of the molecule is COC(CN)CC(=O)N(CCC#N)C1CC1. The lowest BCUT2D eigenvalue weighted by molar-refractivity contribution is -0.134. The van der Waals surface area contributed by atoms with Crippen LogP contribution in [0.25, 0.3) is 0 Å². The molecule has 90 valence electrons. The van der Waals surface area contributed by atoms with Crippen molar-refractivity contribution in [1.29, 1.82) is 5.26 Å². The number of carbonyl (C=O) groups is 1. The van der Waals surface area contributed by atoms with E-state index in [0.29, 0.717) is 32.0 Å². The Labute approximate surface area is 96.2 Å². The van der Waals surface area contributed by atoms with Crippen LogP contribution < -0.4 is 5.73 Å². The highest BCUT2D eigenvalue weighted by Gasteiger charge is 2.32. The van der Waals surface area contributed by atoms with Crippen molar-refractivity contribution in [3.05, 3.63) is 0 Å². The van der Waals surface area contributed by atoms with E-state index < -0.39 is 0 Å². The Morgan fingerprint density at radius 1 is 1.69 bits per heavy atom. The number of amides is 1. The van der Waals surface area contributed by atoms with E-state index in [1.807, 2.05) is 0 Å². The minimum absolute atomic E-state index is 0.0510. The third kappa shape index (κ3) is 3.80. The van der Waals surface area contributed by atoms with Crippen molar-refractivity contribution < 1.29 is 9.53 Å². The Balaban J connectivity index is 2.44. The zero-order chi connectivity index (χ0) is 12.0. The molecule has 1 fully saturated rings. The third-order valence-electron chi connectivity index (χ3n) is 2.77. The lowest BCUT2D eigenvalue weighted by Crippen LogP contribution is -2.38. The summed E-state index contributed by atoms with van der Waals surface area (Å²) in [6.07, 6.45) is 2.60. The van der Waals surface area contributed by atoms with Gasteiger partial charge in [0.05, 0.1) is 25.0 Å². The van der Waals surface area contributed by atoms with Crippen LogP contribution in [0.1, 0.15) is 25.7 Å². The van der Waals surface area contributed by atoms with Gasteiger partial charge in [-0.2, -0.15) is 5.26 Å². The number of rotatable bonds is 7. The maximum absolute atomic E-state index is 11.9. The smallest absolute Gasteiger partial charge is 0.225 e. The second-order valence-electron chi connectivity index (χ2n) is 4.02. The minimum atomic E-state index is -0.212. The summed E-state index contributed by atoms with van der Waals surface area (Å²) in [5.41, 5.74) is 5.48. The fraction of sp³-hybridized carbons (Fsp3) is 0.818. The van der Waals surface area contributed by atoms with Crippen molar-refractivity contribution in [2.75, 3.05) is 20.2 Å². The topological polar surface area (TPSA) is 79.3 Å². The number of hydrogen-bond acceptors (Lipinski definition) is 4. The van der Waals surface area contributed by atoms with Crippen LogP contribution in [0.4, 0.5) is 0 Å². The van der Waals surface area contributed by atoms with Crippen LogP contribution in [-0.4, -0.2) is 43.2 Å². The molecule has 0 heterocycles. The standard InChI is InChI=1S/C11H19N3O2/c1-16-10(8-13)7-11(15)14(6-2-5-12)9-3-4-9/h9-10H,2-4,6-8,13H2,1H3. The molecule has 0 aromatic heterocycles. The Morgan fingerprint density at radius 2 is 2.38 bits per heavy atom. The maximum atomic E-state index is 11.9. The van der Waals surface area contributed by atoms with Gasteiger partial charge in [0.1, 0.15) is 0 Å². The molecule has 0 aliphatic heterocycles. The molecule has 0 saturated heterocycles. The molecule has 0 aromatic carbocycles. The summed E-state index contributed by atoms with van der Waals surface area (Å²) in [6, 6.07) is 2.41. The van der Waals surface area contributed by atoms with Crippen molar-refractivity contribution in [3.8, 4) is 6.07 Å². The van der Waals surface area contributed by atoms with E-state index >= 15 is 0 Å². The molecule has 1 aliphatic rings. The van der Waals surface area contributed by atoms with Gasteiger partial charge < -0.3 is 15.4 Å². The van der Waals surface area contributed by atoms with Crippen molar-refractivity contribution >= 4 is 5.91 Å². The van der Waals surface area contributed by atoms with Gasteiger partial charge in [-0.05, 0) is 12.8 Å². The number of nitrogens with zero attached hydrogens (tertiary/aromatic N) is 2. The molecule has 5 nitrogen and oxygen atoms in total. The van der Waals surface area contributed by atoms with Gasteiger partial charge in [-0.1, -0.05) is 0 Å². The van der Waals surface area contributed by atoms with Gasteiger partial charge in [0.25, 0.3) is 0 Å². The Kier molecular flexibility index (Phi) is 5.23. The predicted octanol–water partition coefficient (Wildman–Crippen LogP) is 0.255. The van der Waals surface area contributed by atoms with Crippen LogP contribution in [0.15, 0.2) is 0 Å². The van der Waals surface area contributed by atoms with Crippen LogP contribution in [0.2, 0.25) is 0 Å². The molecule has 1 rings (SSSR count). The molecule has 16 heavy (non-hydrogen) atoms. The molecule has 1 atom stereocenters. The first-order chi connectivity index (χ1) is 7.72. The van der Waals surface area contributed by atoms with Gasteiger partial charge in [-0.25, -0.2) is 0 Å². The van der Waals surface area contributed by atoms with Crippen molar-refractivity contribution in [1.82, 2.24) is 4.90 Å². The summed E-state index contributed by atoms with van der Waals surface area (Å²) in [6.45, 7) is 0.875. The highest BCUT2D eigenvalue weighted by molar-refractivity contribution is 5.77. The molecule has 5 heteroatoms. The molecule has 0 aromatic rings. The number of ether oxygens (including phenoxy) is 1. The monoisotopic (exact) mass is 225 g/mol. The average Bonchev–Trinajstić information content (AvgIpc) is 3.10. The number of nitriles is 1. The van der Waals surface area contributed by atoms with Gasteiger partial charge in [-0.15, -0.1) is 0 Å². The number of carbonyl (C=O) groups excluding carboxylic acids is 1. The molecular formula is C11H19N3O2. The summed E-state index contributed by atoms with van der Waals surface area (Å²) < 4.78 is 5.09. The molecule has 1 aliphatic carbocycles. The van der Waals surface area contributed by atoms with E-state index in [9.17, 15) is 4.79 Å². The second-order valence-corrected chi connectivity index (χ2v) is 4.02. The first-order valence-electron chi connectivity index (χ1n) is 5.62. The van der Waals surface area contributed by atoms with Gasteiger partial charge in [-0.3, -0.25) is 4.79 Å². The molecule has 1 amide bonds. The molecular weight excluding hydrogens is 206 g/mol. The first kappa shape index (κ1) is 12.9. The Bertz CT molecular complexity index is 267. The lowest BCUT2D eigenvalue weighted by atomic mass is 10.2. The fourth-order valence-electron chi connectivity index (χ4n) is 1.64. The van der Waals surface area contributed by atoms with E-state index in [1.54, 1.807) is 12.0 Å². The summed E-state index contributed by atoms with van der Waals surface area (Å²) >= 11 is 0. The average molecular weight is 225 g/mol. The highest BCUT2D eigenvalue weighted by Crippen LogP contribution is 2.27. The Hall–Kier alpha value is -1.12. The normalized spacial score (nSPS) is 16.6. The number of methoxy groups -OCH3 is 1. The minimum Gasteiger partial charge on any atom is -0.380 e. The summed E-state index contributed by atoms with van der Waals surface area (Å²) in [5, 5.41) is 8.54. The van der Waals surface area contributed by atoms with Crippen LogP contribution in [0.3, 0.4) is 0 Å². The molecule has 0 bridgehead atoms. The summed E-state index contributed by atoms with van der Waals surface area (Å²) in [5.74, 6) is 0.0510. The Morgan fingerprint density at radius 3 is 2.81 bits per heavy atom. The molecule has 1 saturated carbocycles. The maximum Gasteiger partial charge on any atom is 0.225 e. The summed E-state index contributed by atoms with van der Waals surface area (Å²) in [7, 11) is 1.56. The van der Waals surface area contributed by atoms with Gasteiger partial charge in [0.2, 0.25) is 5.91 Å². The van der Waals surface area contributed by atoms with Gasteiger partial charge >= 0.3 is 0 Å². The van der Waals surface area contributed by atoms with Crippen molar-refractivity contribution in [2.45, 2.75) is 37.8 Å². The second kappa shape index (κ2) is 6.46. The van der Waals surface area contributed by atoms with Crippen LogP contribution in [0.5, 0.6) is 0 Å². The molecule has 0 radical (unpaired) electrons. The fourth-order valence-corrected chi connectivity index (χ4v) is 1.64. The van der Waals surface area contributed by atoms with Crippen molar-refractivity contribution in [3.63, 3.8) is 0 Å².